The molecule has 1 unspecified atom stereocenters. The molecule has 0 radical (unpaired) electrons. The normalized spacial score (nSPS) is 26.2. The zero-order valence-corrected chi connectivity index (χ0v) is 5.52. The third kappa shape index (κ3) is 0.835. The van der Waals surface area contributed by atoms with Crippen molar-refractivity contribution in [1.82, 2.24) is 0 Å². The molecule has 44 valence electrons. The monoisotopic (exact) mass is 108 g/mol. The van der Waals surface area contributed by atoms with Gasteiger partial charge < -0.3 is 0 Å². The van der Waals surface area contributed by atoms with Crippen LogP contribution in [0.1, 0.15) is 20.3 Å². The second-order valence-electron chi connectivity index (χ2n) is 2.27. The van der Waals surface area contributed by atoms with E-state index in [2.05, 4.69) is 32.1 Å². The van der Waals surface area contributed by atoms with Gasteiger partial charge >= 0.3 is 0 Å². The first-order valence-electron chi connectivity index (χ1n) is 3.22. The molecule has 0 N–H and O–H groups in total. The lowest BCUT2D eigenvalue weighted by atomic mass is 10.0. The molecule has 0 amide bonds. The molecular formula is C8H12. The summed E-state index contributed by atoms with van der Waals surface area (Å²) < 4.78 is 0. The lowest BCUT2D eigenvalue weighted by Gasteiger charge is -2.01. The zero-order chi connectivity index (χ0) is 5.98. The Kier molecular flexibility index (Phi) is 1.52. The van der Waals surface area contributed by atoms with Gasteiger partial charge in [-0.15, -0.1) is 0 Å². The molecule has 1 rings (SSSR count). The lowest BCUT2D eigenvalue weighted by molar-refractivity contribution is 0.827. The fraction of sp³-hybridized carbons (Fsp3) is 0.500. The Hall–Kier alpha value is -0.520. The maximum absolute atomic E-state index is 2.23. The van der Waals surface area contributed by atoms with Crippen LogP contribution in [0.4, 0.5) is 0 Å². The summed E-state index contributed by atoms with van der Waals surface area (Å²) in [7, 11) is 0. The van der Waals surface area contributed by atoms with Crippen LogP contribution in [0.15, 0.2) is 23.8 Å². The summed E-state index contributed by atoms with van der Waals surface area (Å²) in [6.45, 7) is 4.44. The first kappa shape index (κ1) is 5.61. The SMILES string of the molecule is CCC1=CC=CC1C. The lowest BCUT2D eigenvalue weighted by Crippen LogP contribution is -1.87. The largest absolute Gasteiger partial charge is 0.0776 e. The minimum absolute atomic E-state index is 0.708. The Balaban J connectivity index is 2.59. The molecule has 0 bridgehead atoms. The van der Waals surface area contributed by atoms with Crippen molar-refractivity contribution in [1.29, 1.82) is 0 Å². The first-order valence-corrected chi connectivity index (χ1v) is 3.22. The highest BCUT2D eigenvalue weighted by molar-refractivity contribution is 5.25. The molecule has 0 saturated carbocycles. The van der Waals surface area contributed by atoms with Gasteiger partial charge in [0.25, 0.3) is 0 Å². The van der Waals surface area contributed by atoms with Crippen LogP contribution in [0.5, 0.6) is 0 Å². The van der Waals surface area contributed by atoms with E-state index in [4.69, 9.17) is 0 Å². The number of allylic oxidation sites excluding steroid dienone is 4. The van der Waals surface area contributed by atoms with Gasteiger partial charge in [0.2, 0.25) is 0 Å². The van der Waals surface area contributed by atoms with E-state index in [9.17, 15) is 0 Å². The molecular weight excluding hydrogens is 96.1 g/mol. The van der Waals surface area contributed by atoms with E-state index in [-0.39, 0.29) is 0 Å². The molecule has 0 aliphatic heterocycles. The third-order valence-electron chi connectivity index (χ3n) is 1.70. The number of hydrogen-bond acceptors (Lipinski definition) is 0. The Morgan fingerprint density at radius 3 is 2.62 bits per heavy atom. The summed E-state index contributed by atoms with van der Waals surface area (Å²) in [6.07, 6.45) is 7.79. The van der Waals surface area contributed by atoms with Gasteiger partial charge in [-0.3, -0.25) is 0 Å². The molecule has 8 heavy (non-hydrogen) atoms. The van der Waals surface area contributed by atoms with Crippen molar-refractivity contribution in [3.8, 4) is 0 Å². The Labute approximate surface area is 50.9 Å². The number of hydrogen-bond donors (Lipinski definition) is 0. The van der Waals surface area contributed by atoms with Gasteiger partial charge in [-0.25, -0.2) is 0 Å². The third-order valence-corrected chi connectivity index (χ3v) is 1.70. The summed E-state index contributed by atoms with van der Waals surface area (Å²) in [5, 5.41) is 0. The molecule has 0 spiro atoms. The Morgan fingerprint density at radius 1 is 1.62 bits per heavy atom. The van der Waals surface area contributed by atoms with Gasteiger partial charge in [0, 0.05) is 0 Å². The summed E-state index contributed by atoms with van der Waals surface area (Å²) in [4.78, 5) is 0. The van der Waals surface area contributed by atoms with Crippen LogP contribution in [-0.2, 0) is 0 Å². The minimum atomic E-state index is 0.708. The molecule has 1 atom stereocenters. The van der Waals surface area contributed by atoms with Crippen LogP contribution in [0, 0.1) is 5.92 Å². The van der Waals surface area contributed by atoms with Crippen molar-refractivity contribution in [2.24, 2.45) is 5.92 Å². The van der Waals surface area contributed by atoms with E-state index in [1.165, 1.54) is 6.42 Å². The summed E-state index contributed by atoms with van der Waals surface area (Å²) in [6, 6.07) is 0. The van der Waals surface area contributed by atoms with Gasteiger partial charge in [0.15, 0.2) is 0 Å². The molecule has 0 aromatic carbocycles. The van der Waals surface area contributed by atoms with Crippen molar-refractivity contribution in [3.05, 3.63) is 23.8 Å². The van der Waals surface area contributed by atoms with E-state index < -0.39 is 0 Å². The van der Waals surface area contributed by atoms with Crippen molar-refractivity contribution < 1.29 is 0 Å². The molecule has 0 heterocycles. The summed E-state index contributed by atoms with van der Waals surface area (Å²) in [5.41, 5.74) is 1.56. The van der Waals surface area contributed by atoms with Gasteiger partial charge in [-0.1, -0.05) is 37.6 Å². The minimum Gasteiger partial charge on any atom is -0.0776 e. The van der Waals surface area contributed by atoms with Gasteiger partial charge in [-0.2, -0.15) is 0 Å². The average molecular weight is 108 g/mol. The van der Waals surface area contributed by atoms with E-state index in [1.807, 2.05) is 0 Å². The smallest absolute Gasteiger partial charge is 0.00455 e. The maximum Gasteiger partial charge on any atom is -0.00455 e. The van der Waals surface area contributed by atoms with Crippen LogP contribution < -0.4 is 0 Å². The fourth-order valence-electron chi connectivity index (χ4n) is 1.06. The molecule has 0 saturated heterocycles. The van der Waals surface area contributed by atoms with Crippen LogP contribution in [-0.4, -0.2) is 0 Å². The molecule has 0 nitrogen and oxygen atoms in total. The maximum atomic E-state index is 2.23. The molecule has 0 fully saturated rings. The highest BCUT2D eigenvalue weighted by Crippen LogP contribution is 2.20. The fourth-order valence-corrected chi connectivity index (χ4v) is 1.06. The van der Waals surface area contributed by atoms with Crippen molar-refractivity contribution >= 4 is 0 Å². The van der Waals surface area contributed by atoms with Crippen LogP contribution in [0.2, 0.25) is 0 Å². The molecule has 0 aromatic heterocycles. The van der Waals surface area contributed by atoms with Crippen LogP contribution >= 0.6 is 0 Å². The van der Waals surface area contributed by atoms with E-state index in [1.54, 1.807) is 5.57 Å². The highest BCUT2D eigenvalue weighted by atomic mass is 14.1. The predicted octanol–water partition coefficient (Wildman–Crippen LogP) is 2.53. The Bertz CT molecular complexity index is 129. The quantitative estimate of drug-likeness (QED) is 0.484. The standard InChI is InChI=1S/C8H12/c1-3-8-6-4-5-7(8)2/h4-7H,3H2,1-2H3. The van der Waals surface area contributed by atoms with Crippen molar-refractivity contribution in [3.63, 3.8) is 0 Å². The van der Waals surface area contributed by atoms with E-state index in [0.29, 0.717) is 5.92 Å². The van der Waals surface area contributed by atoms with Gasteiger partial charge in [-0.05, 0) is 12.3 Å². The zero-order valence-electron chi connectivity index (χ0n) is 5.52. The average Bonchev–Trinajstić information content (AvgIpc) is 2.14. The highest BCUT2D eigenvalue weighted by Gasteiger charge is 2.04. The van der Waals surface area contributed by atoms with Gasteiger partial charge in [0.05, 0.1) is 0 Å². The second kappa shape index (κ2) is 2.17. The van der Waals surface area contributed by atoms with E-state index >= 15 is 0 Å². The summed E-state index contributed by atoms with van der Waals surface area (Å²) in [5.74, 6) is 0.708. The van der Waals surface area contributed by atoms with E-state index in [0.717, 1.165) is 0 Å². The molecule has 0 heteroatoms. The van der Waals surface area contributed by atoms with Crippen LogP contribution in [0.3, 0.4) is 0 Å². The summed E-state index contributed by atoms with van der Waals surface area (Å²) >= 11 is 0. The number of rotatable bonds is 1. The first-order chi connectivity index (χ1) is 3.84. The molecule has 0 aromatic rings. The predicted molar refractivity (Wildman–Crippen MR) is 36.7 cm³/mol. The van der Waals surface area contributed by atoms with Crippen molar-refractivity contribution in [2.75, 3.05) is 0 Å². The van der Waals surface area contributed by atoms with Crippen molar-refractivity contribution in [2.45, 2.75) is 20.3 Å². The molecule has 1 aliphatic rings. The Morgan fingerprint density at radius 2 is 2.38 bits per heavy atom. The van der Waals surface area contributed by atoms with Crippen LogP contribution in [0.25, 0.3) is 0 Å². The second-order valence-corrected chi connectivity index (χ2v) is 2.27. The topological polar surface area (TPSA) is 0 Å². The molecule has 1 aliphatic carbocycles. The van der Waals surface area contributed by atoms with Gasteiger partial charge in [0.1, 0.15) is 0 Å².